The molecule has 1 unspecified atom stereocenters. The first-order chi connectivity index (χ1) is 7.56. The van der Waals surface area contributed by atoms with Gasteiger partial charge in [-0.05, 0) is 30.5 Å². The van der Waals surface area contributed by atoms with Gasteiger partial charge in [-0.1, -0.05) is 0 Å². The molecule has 2 N–H and O–H groups in total. The van der Waals surface area contributed by atoms with Crippen molar-refractivity contribution in [1.82, 2.24) is 9.88 Å². The number of amides is 1. The fourth-order valence-electron chi connectivity index (χ4n) is 1.61. The summed E-state index contributed by atoms with van der Waals surface area (Å²) in [6.45, 7) is 2.38. The topological polar surface area (TPSA) is 59.2 Å². The highest BCUT2D eigenvalue weighted by molar-refractivity contribution is 5.78. The summed E-state index contributed by atoms with van der Waals surface area (Å²) in [6, 6.07) is 1.95. The summed E-state index contributed by atoms with van der Waals surface area (Å²) in [5.41, 5.74) is 7.89. The number of carbonyl (C=O) groups excluding carboxylic acids is 1. The Morgan fingerprint density at radius 3 is 2.75 bits per heavy atom. The summed E-state index contributed by atoms with van der Waals surface area (Å²) in [6.07, 6.45) is 4.22. The smallest absolute Gasteiger partial charge is 0.226 e. The lowest BCUT2D eigenvalue weighted by Crippen LogP contribution is -2.35. The zero-order valence-electron chi connectivity index (χ0n) is 10.1. The molecule has 4 nitrogen and oxygen atoms in total. The van der Waals surface area contributed by atoms with Crippen molar-refractivity contribution in [3.8, 4) is 0 Å². The third-order valence-electron chi connectivity index (χ3n) is 2.69. The van der Waals surface area contributed by atoms with Gasteiger partial charge in [0, 0.05) is 33.0 Å². The second kappa shape index (κ2) is 5.61. The predicted octanol–water partition coefficient (Wildman–Crippen LogP) is 0.596. The van der Waals surface area contributed by atoms with E-state index in [1.54, 1.807) is 31.4 Å². The normalized spacial score (nSPS) is 12.2. The Balaban J connectivity index is 2.78. The Labute approximate surface area is 96.5 Å². The molecule has 0 bridgehead atoms. The molecule has 0 saturated carbocycles. The van der Waals surface area contributed by atoms with Crippen LogP contribution in [0, 0.1) is 12.8 Å². The maximum absolute atomic E-state index is 11.8. The predicted molar refractivity (Wildman–Crippen MR) is 63.9 cm³/mol. The van der Waals surface area contributed by atoms with Gasteiger partial charge in [-0.2, -0.15) is 0 Å². The van der Waals surface area contributed by atoms with E-state index in [0.717, 1.165) is 11.1 Å². The highest BCUT2D eigenvalue weighted by atomic mass is 16.2. The monoisotopic (exact) mass is 221 g/mol. The number of rotatable bonds is 4. The fourth-order valence-corrected chi connectivity index (χ4v) is 1.61. The minimum atomic E-state index is -0.155. The van der Waals surface area contributed by atoms with Gasteiger partial charge in [-0.3, -0.25) is 9.78 Å². The van der Waals surface area contributed by atoms with Gasteiger partial charge < -0.3 is 10.6 Å². The fraction of sp³-hybridized carbons (Fsp3) is 0.500. The van der Waals surface area contributed by atoms with Crippen molar-refractivity contribution >= 4 is 5.91 Å². The Hall–Kier alpha value is -1.42. The summed E-state index contributed by atoms with van der Waals surface area (Å²) in [4.78, 5) is 17.5. The van der Waals surface area contributed by atoms with Crippen molar-refractivity contribution in [2.45, 2.75) is 13.3 Å². The highest BCUT2D eigenvalue weighted by Gasteiger charge is 2.19. The first kappa shape index (κ1) is 12.6. The summed E-state index contributed by atoms with van der Waals surface area (Å²) >= 11 is 0. The molecule has 16 heavy (non-hydrogen) atoms. The molecule has 0 aromatic carbocycles. The van der Waals surface area contributed by atoms with Gasteiger partial charge in [-0.25, -0.2) is 0 Å². The number of aromatic nitrogens is 1. The van der Waals surface area contributed by atoms with Crippen LogP contribution in [-0.2, 0) is 11.2 Å². The van der Waals surface area contributed by atoms with Crippen LogP contribution in [0.5, 0.6) is 0 Å². The third kappa shape index (κ3) is 3.03. The van der Waals surface area contributed by atoms with Gasteiger partial charge in [-0.15, -0.1) is 0 Å². The molecule has 0 aliphatic rings. The molecule has 1 rings (SSSR count). The SMILES string of the molecule is Cc1ccncc1CC(CN)C(=O)N(C)C. The highest BCUT2D eigenvalue weighted by Crippen LogP contribution is 2.12. The Bertz CT molecular complexity index is 363. The van der Waals surface area contributed by atoms with E-state index in [0.29, 0.717) is 13.0 Å². The largest absolute Gasteiger partial charge is 0.349 e. The minimum absolute atomic E-state index is 0.0748. The van der Waals surface area contributed by atoms with Crippen molar-refractivity contribution < 1.29 is 4.79 Å². The number of nitrogens with zero attached hydrogens (tertiary/aromatic N) is 2. The minimum Gasteiger partial charge on any atom is -0.349 e. The maximum atomic E-state index is 11.8. The molecular formula is C12H19N3O. The molecule has 1 amide bonds. The zero-order chi connectivity index (χ0) is 12.1. The van der Waals surface area contributed by atoms with Crippen molar-refractivity contribution in [3.05, 3.63) is 29.6 Å². The quantitative estimate of drug-likeness (QED) is 0.809. The molecule has 0 aliphatic heterocycles. The molecular weight excluding hydrogens is 202 g/mol. The summed E-state index contributed by atoms with van der Waals surface area (Å²) in [7, 11) is 3.50. The average molecular weight is 221 g/mol. The van der Waals surface area contributed by atoms with Gasteiger partial charge in [0.2, 0.25) is 5.91 Å². The molecule has 1 atom stereocenters. The van der Waals surface area contributed by atoms with E-state index >= 15 is 0 Å². The number of carbonyl (C=O) groups is 1. The second-order valence-electron chi connectivity index (χ2n) is 4.17. The van der Waals surface area contributed by atoms with Crippen molar-refractivity contribution in [2.75, 3.05) is 20.6 Å². The average Bonchev–Trinajstić information content (AvgIpc) is 2.27. The first-order valence-corrected chi connectivity index (χ1v) is 5.37. The molecule has 1 aromatic heterocycles. The van der Waals surface area contributed by atoms with E-state index < -0.39 is 0 Å². The summed E-state index contributed by atoms with van der Waals surface area (Å²) < 4.78 is 0. The number of pyridine rings is 1. The molecule has 0 fully saturated rings. The molecule has 0 saturated heterocycles. The third-order valence-corrected chi connectivity index (χ3v) is 2.69. The lowest BCUT2D eigenvalue weighted by molar-refractivity contribution is -0.132. The van der Waals surface area contributed by atoms with Crippen molar-refractivity contribution in [1.29, 1.82) is 0 Å². The number of aryl methyl sites for hydroxylation is 1. The van der Waals surface area contributed by atoms with E-state index in [2.05, 4.69) is 4.98 Å². The van der Waals surface area contributed by atoms with Crippen LogP contribution in [0.4, 0.5) is 0 Å². The molecule has 0 aliphatic carbocycles. The van der Waals surface area contributed by atoms with E-state index in [-0.39, 0.29) is 11.8 Å². The molecule has 1 heterocycles. The van der Waals surface area contributed by atoms with Gasteiger partial charge in [0.1, 0.15) is 0 Å². The van der Waals surface area contributed by atoms with E-state index in [1.807, 2.05) is 13.0 Å². The molecule has 4 heteroatoms. The van der Waals surface area contributed by atoms with Gasteiger partial charge in [0.25, 0.3) is 0 Å². The number of hydrogen-bond donors (Lipinski definition) is 1. The Morgan fingerprint density at radius 2 is 2.25 bits per heavy atom. The zero-order valence-corrected chi connectivity index (χ0v) is 10.1. The first-order valence-electron chi connectivity index (χ1n) is 5.37. The van der Waals surface area contributed by atoms with Crippen LogP contribution in [0.2, 0.25) is 0 Å². The van der Waals surface area contributed by atoms with Crippen LogP contribution < -0.4 is 5.73 Å². The number of nitrogens with two attached hydrogens (primary N) is 1. The summed E-state index contributed by atoms with van der Waals surface area (Å²) in [5.74, 6) is -0.0800. The molecule has 0 spiro atoms. The van der Waals surface area contributed by atoms with Crippen LogP contribution >= 0.6 is 0 Å². The molecule has 88 valence electrons. The Kier molecular flexibility index (Phi) is 4.43. The van der Waals surface area contributed by atoms with Crippen LogP contribution in [0.3, 0.4) is 0 Å². The lowest BCUT2D eigenvalue weighted by Gasteiger charge is -2.19. The van der Waals surface area contributed by atoms with Crippen LogP contribution in [0.1, 0.15) is 11.1 Å². The molecule has 0 radical (unpaired) electrons. The summed E-state index contributed by atoms with van der Waals surface area (Å²) in [5, 5.41) is 0. The lowest BCUT2D eigenvalue weighted by atomic mass is 9.96. The molecule has 1 aromatic rings. The van der Waals surface area contributed by atoms with Gasteiger partial charge >= 0.3 is 0 Å². The Morgan fingerprint density at radius 1 is 1.56 bits per heavy atom. The van der Waals surface area contributed by atoms with Gasteiger partial charge in [0.15, 0.2) is 0 Å². The van der Waals surface area contributed by atoms with E-state index in [9.17, 15) is 4.79 Å². The van der Waals surface area contributed by atoms with Crippen LogP contribution in [0.25, 0.3) is 0 Å². The standard InChI is InChI=1S/C12H19N3O/c1-9-4-5-14-8-11(9)6-10(7-13)12(16)15(2)3/h4-5,8,10H,6-7,13H2,1-3H3. The van der Waals surface area contributed by atoms with Crippen molar-refractivity contribution in [2.24, 2.45) is 11.7 Å². The maximum Gasteiger partial charge on any atom is 0.226 e. The van der Waals surface area contributed by atoms with Gasteiger partial charge in [0.05, 0.1) is 5.92 Å². The van der Waals surface area contributed by atoms with E-state index in [1.165, 1.54) is 0 Å². The van der Waals surface area contributed by atoms with Crippen molar-refractivity contribution in [3.63, 3.8) is 0 Å². The van der Waals surface area contributed by atoms with Crippen LogP contribution in [0.15, 0.2) is 18.5 Å². The number of hydrogen-bond acceptors (Lipinski definition) is 3. The van der Waals surface area contributed by atoms with E-state index in [4.69, 9.17) is 5.73 Å². The second-order valence-corrected chi connectivity index (χ2v) is 4.17. The van der Waals surface area contributed by atoms with Crippen LogP contribution in [-0.4, -0.2) is 36.4 Å².